The van der Waals surface area contributed by atoms with Crippen molar-refractivity contribution in [2.45, 2.75) is 26.8 Å². The third kappa shape index (κ3) is 3.50. The molecule has 0 atom stereocenters. The summed E-state index contributed by atoms with van der Waals surface area (Å²) in [5.41, 5.74) is 2.42. The summed E-state index contributed by atoms with van der Waals surface area (Å²) in [6.07, 6.45) is 0.996. The van der Waals surface area contributed by atoms with Crippen molar-refractivity contribution in [2.75, 3.05) is 19.0 Å². The molecule has 1 rings (SSSR count). The van der Waals surface area contributed by atoms with Crippen molar-refractivity contribution in [2.24, 2.45) is 7.05 Å². The molecular weight excluding hydrogens is 210 g/mol. The van der Waals surface area contributed by atoms with Crippen molar-refractivity contribution in [1.82, 2.24) is 14.7 Å². The first-order chi connectivity index (χ1) is 7.21. The summed E-state index contributed by atoms with van der Waals surface area (Å²) in [5, 5.41) is 4.43. The first-order valence-electron chi connectivity index (χ1n) is 5.51. The summed E-state index contributed by atoms with van der Waals surface area (Å²) < 4.78 is 1.97. The molecule has 0 unspecified atom stereocenters. The Kier molecular flexibility index (Phi) is 5.12. The monoisotopic (exact) mass is 229 g/mol. The third-order valence-electron chi connectivity index (χ3n) is 2.62. The number of rotatable bonds is 6. The van der Waals surface area contributed by atoms with Crippen LogP contribution < -0.4 is 0 Å². The highest BCUT2D eigenvalue weighted by Gasteiger charge is 2.08. The van der Waals surface area contributed by atoms with Crippen LogP contribution in [-0.2, 0) is 20.0 Å². The van der Waals surface area contributed by atoms with Gasteiger partial charge in [-0.15, -0.1) is 11.6 Å². The molecule has 0 fully saturated rings. The molecule has 0 aliphatic heterocycles. The second-order valence-corrected chi connectivity index (χ2v) is 4.04. The summed E-state index contributed by atoms with van der Waals surface area (Å²) in [5.74, 6) is 0.687. The van der Waals surface area contributed by atoms with Gasteiger partial charge >= 0.3 is 0 Å². The smallest absolute Gasteiger partial charge is 0.0625 e. The summed E-state index contributed by atoms with van der Waals surface area (Å²) in [7, 11) is 2.00. The highest BCUT2D eigenvalue weighted by molar-refractivity contribution is 6.18. The van der Waals surface area contributed by atoms with Crippen LogP contribution in [-0.4, -0.2) is 33.6 Å². The van der Waals surface area contributed by atoms with E-state index in [0.29, 0.717) is 5.88 Å². The van der Waals surface area contributed by atoms with E-state index in [1.165, 1.54) is 5.69 Å². The number of aryl methyl sites for hydroxylation is 2. The minimum Gasteiger partial charge on any atom is -0.297 e. The Morgan fingerprint density at radius 1 is 1.47 bits per heavy atom. The van der Waals surface area contributed by atoms with Gasteiger partial charge in [-0.1, -0.05) is 13.8 Å². The fourth-order valence-electron chi connectivity index (χ4n) is 1.59. The van der Waals surface area contributed by atoms with Gasteiger partial charge in [0.25, 0.3) is 0 Å². The molecule has 1 aromatic heterocycles. The minimum absolute atomic E-state index is 0.687. The zero-order valence-corrected chi connectivity index (χ0v) is 10.6. The Morgan fingerprint density at radius 2 is 2.20 bits per heavy atom. The summed E-state index contributed by atoms with van der Waals surface area (Å²) >= 11 is 5.75. The molecule has 0 N–H and O–H groups in total. The zero-order valence-electron chi connectivity index (χ0n) is 9.83. The van der Waals surface area contributed by atoms with E-state index in [9.17, 15) is 0 Å². The van der Waals surface area contributed by atoms with Crippen molar-refractivity contribution in [3.8, 4) is 0 Å². The molecule has 0 aliphatic carbocycles. The van der Waals surface area contributed by atoms with E-state index < -0.39 is 0 Å². The van der Waals surface area contributed by atoms with Crippen LogP contribution in [0.3, 0.4) is 0 Å². The number of hydrogen-bond donors (Lipinski definition) is 0. The molecule has 15 heavy (non-hydrogen) atoms. The van der Waals surface area contributed by atoms with Gasteiger partial charge in [0, 0.05) is 26.0 Å². The van der Waals surface area contributed by atoms with Crippen LogP contribution in [0, 0.1) is 0 Å². The van der Waals surface area contributed by atoms with Gasteiger partial charge in [0.2, 0.25) is 0 Å². The lowest BCUT2D eigenvalue weighted by atomic mass is 10.3. The molecule has 0 aromatic carbocycles. The fraction of sp³-hybridized carbons (Fsp3) is 0.727. The highest BCUT2D eigenvalue weighted by Crippen LogP contribution is 2.07. The van der Waals surface area contributed by atoms with Crippen LogP contribution in [0.2, 0.25) is 0 Å². The molecule has 86 valence electrons. The van der Waals surface area contributed by atoms with E-state index in [1.54, 1.807) is 0 Å². The SMILES string of the molecule is CCc1cc(CN(CC)CCCl)n(C)n1. The van der Waals surface area contributed by atoms with E-state index in [-0.39, 0.29) is 0 Å². The fourth-order valence-corrected chi connectivity index (χ4v) is 1.83. The zero-order chi connectivity index (χ0) is 11.3. The van der Waals surface area contributed by atoms with Crippen LogP contribution >= 0.6 is 11.6 Å². The van der Waals surface area contributed by atoms with E-state index in [0.717, 1.165) is 31.7 Å². The molecule has 0 spiro atoms. The van der Waals surface area contributed by atoms with Crippen LogP contribution in [0.25, 0.3) is 0 Å². The number of alkyl halides is 1. The average molecular weight is 230 g/mol. The quantitative estimate of drug-likeness (QED) is 0.697. The maximum absolute atomic E-state index is 5.75. The standard InChI is InChI=1S/C11H20ClN3/c1-4-10-8-11(14(3)13-10)9-15(5-2)7-6-12/h8H,4-7,9H2,1-3H3. The van der Waals surface area contributed by atoms with Crippen LogP contribution in [0.5, 0.6) is 0 Å². The lowest BCUT2D eigenvalue weighted by Gasteiger charge is -2.18. The largest absolute Gasteiger partial charge is 0.297 e. The van der Waals surface area contributed by atoms with Gasteiger partial charge < -0.3 is 0 Å². The van der Waals surface area contributed by atoms with Crippen LogP contribution in [0.15, 0.2) is 6.07 Å². The molecule has 0 radical (unpaired) electrons. The Hall–Kier alpha value is -0.540. The van der Waals surface area contributed by atoms with Crippen molar-refractivity contribution in [3.05, 3.63) is 17.5 Å². The average Bonchev–Trinajstić information content (AvgIpc) is 2.59. The molecule has 4 heteroatoms. The molecule has 0 bridgehead atoms. The van der Waals surface area contributed by atoms with E-state index in [4.69, 9.17) is 11.6 Å². The first kappa shape index (κ1) is 12.5. The van der Waals surface area contributed by atoms with Crippen LogP contribution in [0.1, 0.15) is 25.2 Å². The number of hydrogen-bond acceptors (Lipinski definition) is 2. The maximum atomic E-state index is 5.75. The van der Waals surface area contributed by atoms with Gasteiger partial charge in [0.1, 0.15) is 0 Å². The Labute approximate surface area is 97.0 Å². The molecule has 1 aromatic rings. The predicted molar refractivity (Wildman–Crippen MR) is 64.3 cm³/mol. The minimum atomic E-state index is 0.687. The molecular formula is C11H20ClN3. The van der Waals surface area contributed by atoms with Crippen molar-refractivity contribution < 1.29 is 0 Å². The maximum Gasteiger partial charge on any atom is 0.0625 e. The molecule has 0 saturated carbocycles. The van der Waals surface area contributed by atoms with Gasteiger partial charge in [-0.25, -0.2) is 0 Å². The van der Waals surface area contributed by atoms with Crippen molar-refractivity contribution in [1.29, 1.82) is 0 Å². The second-order valence-electron chi connectivity index (χ2n) is 3.66. The van der Waals surface area contributed by atoms with Crippen molar-refractivity contribution >= 4 is 11.6 Å². The first-order valence-corrected chi connectivity index (χ1v) is 6.04. The van der Waals surface area contributed by atoms with E-state index >= 15 is 0 Å². The second kappa shape index (κ2) is 6.13. The van der Waals surface area contributed by atoms with Gasteiger partial charge in [-0.3, -0.25) is 9.58 Å². The summed E-state index contributed by atoms with van der Waals surface area (Å²) in [4.78, 5) is 2.32. The van der Waals surface area contributed by atoms with Gasteiger partial charge in [0.15, 0.2) is 0 Å². The third-order valence-corrected chi connectivity index (χ3v) is 2.79. The molecule has 0 aliphatic rings. The molecule has 3 nitrogen and oxygen atoms in total. The number of aromatic nitrogens is 2. The lowest BCUT2D eigenvalue weighted by molar-refractivity contribution is 0.289. The predicted octanol–water partition coefficient (Wildman–Crippen LogP) is 2.04. The van der Waals surface area contributed by atoms with Gasteiger partial charge in [-0.05, 0) is 19.0 Å². The highest BCUT2D eigenvalue weighted by atomic mass is 35.5. The molecule has 0 saturated heterocycles. The normalized spacial score (nSPS) is 11.3. The molecule has 1 heterocycles. The topological polar surface area (TPSA) is 21.1 Å². The molecule has 0 amide bonds. The van der Waals surface area contributed by atoms with E-state index in [2.05, 4.69) is 29.9 Å². The van der Waals surface area contributed by atoms with E-state index in [1.807, 2.05) is 11.7 Å². The Morgan fingerprint density at radius 3 is 2.67 bits per heavy atom. The van der Waals surface area contributed by atoms with Crippen LogP contribution in [0.4, 0.5) is 0 Å². The van der Waals surface area contributed by atoms with Crippen molar-refractivity contribution in [3.63, 3.8) is 0 Å². The summed E-state index contributed by atoms with van der Waals surface area (Å²) in [6, 6.07) is 2.18. The lowest BCUT2D eigenvalue weighted by Crippen LogP contribution is -2.26. The number of nitrogens with zero attached hydrogens (tertiary/aromatic N) is 3. The van der Waals surface area contributed by atoms with Gasteiger partial charge in [-0.2, -0.15) is 5.10 Å². The Balaban J connectivity index is 2.65. The summed E-state index contributed by atoms with van der Waals surface area (Å²) in [6.45, 7) is 7.18. The number of halogens is 1. The van der Waals surface area contributed by atoms with Gasteiger partial charge in [0.05, 0.1) is 11.4 Å². The Bertz CT molecular complexity index is 296.